The van der Waals surface area contributed by atoms with Crippen LogP contribution in [-0.4, -0.2) is 58.5 Å². The molecule has 35 heavy (non-hydrogen) atoms. The van der Waals surface area contributed by atoms with Crippen molar-refractivity contribution < 1.29 is 33.4 Å². The number of carbonyl (C=O) groups excluding carboxylic acids is 3. The highest BCUT2D eigenvalue weighted by atomic mass is 28.4. The Morgan fingerprint density at radius 1 is 0.657 bits per heavy atom. The second-order valence-electron chi connectivity index (χ2n) is 13.7. The predicted octanol–water partition coefficient (Wildman–Crippen LogP) is 6.80. The lowest BCUT2D eigenvalue weighted by molar-refractivity contribution is -0.168. The van der Waals surface area contributed by atoms with Crippen molar-refractivity contribution in [1.82, 2.24) is 4.90 Å². The number of imide groups is 1. The molecule has 9 heteroatoms. The number of unbranched alkanes of at least 4 members (excludes halogenated alkanes) is 1. The quantitative estimate of drug-likeness (QED) is 0.163. The summed E-state index contributed by atoms with van der Waals surface area (Å²) in [6, 6.07) is 0. The molecule has 0 aromatic carbocycles. The fraction of sp³-hybridized carbons (Fsp3) is 0.885. The maximum Gasteiger partial charge on any atom is 0.420 e. The van der Waals surface area contributed by atoms with E-state index in [0.717, 1.165) is 11.3 Å². The Morgan fingerprint density at radius 2 is 1.00 bits per heavy atom. The smallest absolute Gasteiger partial charge is 0.420 e. The van der Waals surface area contributed by atoms with E-state index in [0.29, 0.717) is 12.8 Å². The molecule has 0 radical (unpaired) electrons. The third-order valence-corrected chi connectivity index (χ3v) is 9.42. The van der Waals surface area contributed by atoms with Gasteiger partial charge in [-0.15, -0.1) is 0 Å². The summed E-state index contributed by atoms with van der Waals surface area (Å²) in [7, 11) is -2.40. The van der Waals surface area contributed by atoms with Gasteiger partial charge in [-0.25, -0.2) is 14.4 Å². The van der Waals surface area contributed by atoms with Crippen molar-refractivity contribution in [3.63, 3.8) is 0 Å². The van der Waals surface area contributed by atoms with Crippen LogP contribution in [0.4, 0.5) is 9.59 Å². The van der Waals surface area contributed by atoms with Crippen molar-refractivity contribution in [2.45, 2.75) is 149 Å². The molecule has 0 aliphatic rings. The molecule has 0 aliphatic heterocycles. The minimum Gasteiger partial charge on any atom is -0.458 e. The monoisotopic (exact) mass is 517 g/mol. The molecule has 1 N–H and O–H groups in total. The van der Waals surface area contributed by atoms with Crippen LogP contribution in [-0.2, 0) is 19.0 Å². The molecule has 206 valence electrons. The Labute approximate surface area is 214 Å². The lowest BCUT2D eigenvalue weighted by Gasteiger charge is -2.40. The van der Waals surface area contributed by atoms with Crippen molar-refractivity contribution in [3.05, 3.63) is 0 Å². The topological polar surface area (TPSA) is 102 Å². The maximum atomic E-state index is 13.5. The molecule has 2 amide bonds. The minimum atomic E-state index is -2.40. The predicted molar refractivity (Wildman–Crippen MR) is 141 cm³/mol. The first-order valence-electron chi connectivity index (χ1n) is 12.4. The largest absolute Gasteiger partial charge is 0.458 e. The van der Waals surface area contributed by atoms with Crippen molar-refractivity contribution >= 4 is 26.5 Å². The van der Waals surface area contributed by atoms with E-state index < -0.39 is 48.8 Å². The second-order valence-corrected chi connectivity index (χ2v) is 18.2. The molecule has 0 heterocycles. The van der Waals surface area contributed by atoms with Gasteiger partial charge in [-0.2, -0.15) is 4.90 Å². The molecule has 8 nitrogen and oxygen atoms in total. The van der Waals surface area contributed by atoms with Gasteiger partial charge in [-0.3, -0.25) is 0 Å². The molecule has 0 aromatic rings. The zero-order chi connectivity index (χ0) is 28.3. The van der Waals surface area contributed by atoms with Crippen molar-refractivity contribution in [2.24, 2.45) is 0 Å². The van der Waals surface area contributed by atoms with Gasteiger partial charge >= 0.3 is 18.2 Å². The van der Waals surface area contributed by atoms with Crippen LogP contribution in [0.3, 0.4) is 0 Å². The molecule has 0 rings (SSSR count). The molecule has 0 saturated heterocycles. The fourth-order valence-electron chi connectivity index (χ4n) is 3.13. The Balaban J connectivity index is 6.27. The highest BCUT2D eigenvalue weighted by Crippen LogP contribution is 2.41. The van der Waals surface area contributed by atoms with Gasteiger partial charge in [0.2, 0.25) is 0 Å². The molecule has 0 saturated carbocycles. The van der Waals surface area contributed by atoms with Crippen LogP contribution in [0.1, 0.15) is 109 Å². The SMILES string of the molecule is CC(C)(C)OC(=O)N(C(=O)OC(C)(C)C)C(C)(CCCCC(C)(C)[Si](C)(C)O)C(=O)OC(C)(C)C. The van der Waals surface area contributed by atoms with E-state index in [1.165, 1.54) is 6.92 Å². The zero-order valence-electron chi connectivity index (χ0n) is 24.7. The summed E-state index contributed by atoms with van der Waals surface area (Å²) in [5.41, 5.74) is -4.28. The highest BCUT2D eigenvalue weighted by molar-refractivity contribution is 6.72. The fourth-order valence-corrected chi connectivity index (χ4v) is 3.92. The van der Waals surface area contributed by atoms with Gasteiger partial charge < -0.3 is 19.0 Å². The number of nitrogens with zero attached hydrogens (tertiary/aromatic N) is 1. The van der Waals surface area contributed by atoms with Crippen LogP contribution >= 0.6 is 0 Å². The summed E-state index contributed by atoms with van der Waals surface area (Å²) < 4.78 is 16.7. The normalized spacial score (nSPS) is 15.2. The lowest BCUT2D eigenvalue weighted by Crippen LogP contribution is -2.60. The van der Waals surface area contributed by atoms with Gasteiger partial charge in [0.25, 0.3) is 0 Å². The van der Waals surface area contributed by atoms with Crippen LogP contribution in [0.25, 0.3) is 0 Å². The Kier molecular flexibility index (Phi) is 10.7. The number of hydrogen-bond donors (Lipinski definition) is 1. The van der Waals surface area contributed by atoms with E-state index in [9.17, 15) is 19.2 Å². The van der Waals surface area contributed by atoms with E-state index in [1.54, 1.807) is 62.3 Å². The number of ether oxygens (including phenoxy) is 3. The summed E-state index contributed by atoms with van der Waals surface area (Å²) in [4.78, 5) is 51.5. The number of rotatable bonds is 8. The second kappa shape index (κ2) is 11.2. The molecular formula is C26H51NO7Si. The summed E-state index contributed by atoms with van der Waals surface area (Å²) >= 11 is 0. The van der Waals surface area contributed by atoms with Gasteiger partial charge in [0.15, 0.2) is 13.9 Å². The third kappa shape index (κ3) is 11.3. The number of carbonyl (C=O) groups is 3. The van der Waals surface area contributed by atoms with Crippen LogP contribution in [0.2, 0.25) is 18.1 Å². The Hall–Kier alpha value is -1.61. The first-order chi connectivity index (χ1) is 15.2. The minimum absolute atomic E-state index is 0.157. The number of amides is 2. The summed E-state index contributed by atoms with van der Waals surface area (Å²) in [6.45, 7) is 24.7. The van der Waals surface area contributed by atoms with Gasteiger partial charge in [0, 0.05) is 0 Å². The van der Waals surface area contributed by atoms with Crippen LogP contribution in [0.15, 0.2) is 0 Å². The van der Waals surface area contributed by atoms with Gasteiger partial charge in [0.1, 0.15) is 16.8 Å². The summed E-state index contributed by atoms with van der Waals surface area (Å²) in [5, 5.41) is -0.231. The third-order valence-electron chi connectivity index (χ3n) is 5.86. The molecular weight excluding hydrogens is 466 g/mol. The molecule has 0 spiro atoms. The van der Waals surface area contributed by atoms with E-state index in [-0.39, 0.29) is 11.5 Å². The van der Waals surface area contributed by atoms with E-state index >= 15 is 0 Å². The summed E-state index contributed by atoms with van der Waals surface area (Å²) in [6.07, 6.45) is 0.175. The first-order valence-corrected chi connectivity index (χ1v) is 15.4. The Morgan fingerprint density at radius 3 is 1.31 bits per heavy atom. The first kappa shape index (κ1) is 33.4. The zero-order valence-corrected chi connectivity index (χ0v) is 25.7. The Bertz CT molecular complexity index is 724. The average molecular weight is 518 g/mol. The van der Waals surface area contributed by atoms with Crippen LogP contribution in [0, 0.1) is 0 Å². The van der Waals surface area contributed by atoms with E-state index in [2.05, 4.69) is 0 Å². The molecule has 1 unspecified atom stereocenters. The lowest BCUT2D eigenvalue weighted by atomic mass is 9.91. The molecule has 0 fully saturated rings. The molecule has 1 atom stereocenters. The molecule has 0 bridgehead atoms. The van der Waals surface area contributed by atoms with Crippen molar-refractivity contribution in [3.8, 4) is 0 Å². The number of esters is 1. The average Bonchev–Trinajstić information content (AvgIpc) is 2.52. The van der Waals surface area contributed by atoms with E-state index in [4.69, 9.17) is 14.2 Å². The molecule has 0 aliphatic carbocycles. The van der Waals surface area contributed by atoms with Gasteiger partial charge in [0.05, 0.1) is 0 Å². The maximum absolute atomic E-state index is 13.5. The van der Waals surface area contributed by atoms with Crippen molar-refractivity contribution in [1.29, 1.82) is 0 Å². The standard InChI is InChI=1S/C26H51NO7Si/c1-22(2,3)32-19(28)26(12,18-16-15-17-25(10,11)35(13,14)31)27(20(29)33-23(4,5)6)21(30)34-24(7,8)9/h31H,15-18H2,1-14H3. The van der Waals surface area contributed by atoms with Crippen LogP contribution in [0.5, 0.6) is 0 Å². The number of hydrogen-bond acceptors (Lipinski definition) is 7. The van der Waals surface area contributed by atoms with Crippen LogP contribution < -0.4 is 0 Å². The van der Waals surface area contributed by atoms with Gasteiger partial charge in [-0.1, -0.05) is 26.7 Å². The highest BCUT2D eigenvalue weighted by Gasteiger charge is 2.51. The summed E-state index contributed by atoms with van der Waals surface area (Å²) in [5.74, 6) is -0.710. The van der Waals surface area contributed by atoms with Gasteiger partial charge in [-0.05, 0) is 100 Å². The van der Waals surface area contributed by atoms with Crippen molar-refractivity contribution in [2.75, 3.05) is 0 Å². The molecule has 0 aromatic heterocycles. The van der Waals surface area contributed by atoms with E-state index in [1.807, 2.05) is 26.9 Å².